The maximum Gasteiger partial charge on any atom is 0.119 e. The molecule has 0 spiro atoms. The predicted molar refractivity (Wildman–Crippen MR) is 101 cm³/mol. The summed E-state index contributed by atoms with van der Waals surface area (Å²) in [4.78, 5) is 3.99. The normalized spacial score (nSPS) is 11.0. The lowest BCUT2D eigenvalue weighted by atomic mass is 10.0. The highest BCUT2D eigenvalue weighted by atomic mass is 35.5. The molecule has 3 rings (SSSR count). The fourth-order valence-corrected chi connectivity index (χ4v) is 3.23. The van der Waals surface area contributed by atoms with Crippen molar-refractivity contribution in [2.24, 2.45) is 5.73 Å². The van der Waals surface area contributed by atoms with Crippen molar-refractivity contribution < 1.29 is 4.74 Å². The van der Waals surface area contributed by atoms with Gasteiger partial charge in [0.1, 0.15) is 5.75 Å². The summed E-state index contributed by atoms with van der Waals surface area (Å²) in [6.07, 6.45) is 5.26. The molecule has 0 radical (unpaired) electrons. The molecule has 0 atom stereocenters. The quantitative estimate of drug-likeness (QED) is 0.707. The minimum atomic E-state index is 0.479. The Kier molecular flexibility index (Phi) is 5.68. The Morgan fingerprint density at radius 2 is 1.76 bits per heavy atom. The van der Waals surface area contributed by atoms with E-state index in [2.05, 4.69) is 15.2 Å². The van der Waals surface area contributed by atoms with Gasteiger partial charge < -0.3 is 10.5 Å². The number of halogens is 2. The first kappa shape index (κ1) is 17.9. The van der Waals surface area contributed by atoms with Gasteiger partial charge in [-0.2, -0.15) is 10.2 Å². The van der Waals surface area contributed by atoms with E-state index in [-0.39, 0.29) is 0 Å². The number of aryl methyl sites for hydroxylation is 1. The monoisotopic (exact) mass is 376 g/mol. The second-order valence-corrected chi connectivity index (χ2v) is 6.47. The number of pyridine rings is 1. The van der Waals surface area contributed by atoms with Crippen LogP contribution in [0.5, 0.6) is 5.75 Å². The summed E-state index contributed by atoms with van der Waals surface area (Å²) in [7, 11) is 1.65. The summed E-state index contributed by atoms with van der Waals surface area (Å²) in [5, 5.41) is 11.9. The number of fused-ring (bicyclic) bond motifs is 1. The fourth-order valence-electron chi connectivity index (χ4n) is 2.73. The fraction of sp³-hybridized carbons (Fsp3) is 0.278. The maximum atomic E-state index is 6.25. The van der Waals surface area contributed by atoms with Gasteiger partial charge in [0.2, 0.25) is 0 Å². The first-order chi connectivity index (χ1) is 12.1. The summed E-state index contributed by atoms with van der Waals surface area (Å²) in [5.74, 6) is 0.778. The van der Waals surface area contributed by atoms with Gasteiger partial charge in [-0.1, -0.05) is 23.2 Å². The molecule has 0 aliphatic heterocycles. The van der Waals surface area contributed by atoms with E-state index in [1.54, 1.807) is 19.5 Å². The molecule has 0 bridgehead atoms. The van der Waals surface area contributed by atoms with Gasteiger partial charge in [0.25, 0.3) is 0 Å². The van der Waals surface area contributed by atoms with Crippen LogP contribution >= 0.6 is 23.2 Å². The summed E-state index contributed by atoms with van der Waals surface area (Å²) in [5.41, 5.74) is 8.15. The van der Waals surface area contributed by atoms with Crippen LogP contribution < -0.4 is 10.5 Å². The van der Waals surface area contributed by atoms with Crippen LogP contribution in [0.25, 0.3) is 10.8 Å². The van der Waals surface area contributed by atoms with Gasteiger partial charge in [0, 0.05) is 29.6 Å². The van der Waals surface area contributed by atoms with Crippen LogP contribution in [0, 0.1) is 0 Å². The molecule has 3 aromatic rings. The lowest BCUT2D eigenvalue weighted by molar-refractivity contribution is 0.415. The molecular formula is C18H18Cl2N4O. The molecule has 0 aliphatic carbocycles. The van der Waals surface area contributed by atoms with Gasteiger partial charge in [-0.25, -0.2) is 0 Å². The van der Waals surface area contributed by atoms with Crippen molar-refractivity contribution in [2.75, 3.05) is 13.7 Å². The third kappa shape index (κ3) is 3.84. The third-order valence-electron chi connectivity index (χ3n) is 4.05. The zero-order valence-electron chi connectivity index (χ0n) is 13.8. The summed E-state index contributed by atoms with van der Waals surface area (Å²) in [6.45, 7) is 0.608. The van der Waals surface area contributed by atoms with E-state index in [1.807, 2.05) is 18.2 Å². The molecule has 0 saturated heterocycles. The molecule has 0 saturated carbocycles. The van der Waals surface area contributed by atoms with Crippen molar-refractivity contribution in [3.05, 3.63) is 57.6 Å². The Bertz CT molecular complexity index is 881. The molecule has 0 amide bonds. The largest absolute Gasteiger partial charge is 0.497 e. The van der Waals surface area contributed by atoms with Gasteiger partial charge in [-0.3, -0.25) is 4.98 Å². The number of hydrogen-bond acceptors (Lipinski definition) is 5. The maximum absolute atomic E-state index is 6.25. The van der Waals surface area contributed by atoms with E-state index in [9.17, 15) is 0 Å². The highest BCUT2D eigenvalue weighted by molar-refractivity contribution is 6.35. The number of rotatable bonds is 6. The predicted octanol–water partition coefficient (Wildman–Crippen LogP) is 3.82. The van der Waals surface area contributed by atoms with Gasteiger partial charge in [-0.05, 0) is 43.1 Å². The first-order valence-corrected chi connectivity index (χ1v) is 8.69. The van der Waals surface area contributed by atoms with Crippen molar-refractivity contribution in [3.63, 3.8) is 0 Å². The SMILES string of the molecule is COc1ccc2c(Cc3c(Cl)cncc3Cl)nnc(CCCN)c2c1. The van der Waals surface area contributed by atoms with Crippen LogP contribution in [-0.2, 0) is 12.8 Å². The van der Waals surface area contributed by atoms with Crippen LogP contribution in [-0.4, -0.2) is 28.8 Å². The molecule has 2 N–H and O–H groups in total. The van der Waals surface area contributed by atoms with Crippen molar-refractivity contribution in [1.82, 2.24) is 15.2 Å². The third-order valence-corrected chi connectivity index (χ3v) is 4.71. The lowest BCUT2D eigenvalue weighted by Gasteiger charge is -2.12. The summed E-state index contributed by atoms with van der Waals surface area (Å²) < 4.78 is 5.35. The van der Waals surface area contributed by atoms with Crippen molar-refractivity contribution in [2.45, 2.75) is 19.3 Å². The Morgan fingerprint density at radius 1 is 1.04 bits per heavy atom. The highest BCUT2D eigenvalue weighted by Gasteiger charge is 2.14. The van der Waals surface area contributed by atoms with Crippen LogP contribution in [0.4, 0.5) is 0 Å². The van der Waals surface area contributed by atoms with Crippen LogP contribution in [0.15, 0.2) is 30.6 Å². The average molecular weight is 377 g/mol. The second kappa shape index (κ2) is 7.95. The molecule has 0 aliphatic rings. The molecule has 0 unspecified atom stereocenters. The second-order valence-electron chi connectivity index (χ2n) is 5.66. The number of methoxy groups -OCH3 is 1. The minimum Gasteiger partial charge on any atom is -0.497 e. The number of nitrogens with zero attached hydrogens (tertiary/aromatic N) is 3. The number of ether oxygens (including phenoxy) is 1. The molecule has 2 heterocycles. The Balaban J connectivity index is 2.10. The van der Waals surface area contributed by atoms with Crippen LogP contribution in [0.2, 0.25) is 10.0 Å². The number of benzene rings is 1. The van der Waals surface area contributed by atoms with Gasteiger partial charge in [-0.15, -0.1) is 0 Å². The van der Waals surface area contributed by atoms with E-state index < -0.39 is 0 Å². The van der Waals surface area contributed by atoms with E-state index in [1.165, 1.54) is 0 Å². The van der Waals surface area contributed by atoms with Crippen molar-refractivity contribution >= 4 is 34.0 Å². The molecule has 25 heavy (non-hydrogen) atoms. The number of hydrogen-bond donors (Lipinski definition) is 1. The molecular weight excluding hydrogens is 359 g/mol. The lowest BCUT2D eigenvalue weighted by Crippen LogP contribution is -2.06. The van der Waals surface area contributed by atoms with Crippen molar-refractivity contribution in [1.29, 1.82) is 0 Å². The van der Waals surface area contributed by atoms with Crippen LogP contribution in [0.3, 0.4) is 0 Å². The molecule has 2 aromatic heterocycles. The Hall–Kier alpha value is -1.95. The van der Waals surface area contributed by atoms with Gasteiger partial charge in [0.05, 0.1) is 28.5 Å². The molecule has 7 heteroatoms. The van der Waals surface area contributed by atoms with Gasteiger partial charge in [0.15, 0.2) is 0 Å². The molecule has 1 aromatic carbocycles. The molecule has 5 nitrogen and oxygen atoms in total. The van der Waals surface area contributed by atoms with E-state index in [0.29, 0.717) is 23.0 Å². The summed E-state index contributed by atoms with van der Waals surface area (Å²) >= 11 is 12.5. The minimum absolute atomic E-state index is 0.479. The molecule has 0 fully saturated rings. The Morgan fingerprint density at radius 3 is 2.44 bits per heavy atom. The van der Waals surface area contributed by atoms with E-state index >= 15 is 0 Å². The standard InChI is InChI=1S/C18H18Cl2N4O/c1-25-11-4-5-12-13(7-11)17(3-2-6-21)23-24-18(12)8-14-15(19)9-22-10-16(14)20/h4-5,7,9-10H,2-3,6,8,21H2,1H3. The zero-order chi connectivity index (χ0) is 17.8. The topological polar surface area (TPSA) is 73.9 Å². The Labute approximate surface area is 156 Å². The average Bonchev–Trinajstić information content (AvgIpc) is 2.63. The van der Waals surface area contributed by atoms with Crippen LogP contribution in [0.1, 0.15) is 23.4 Å². The van der Waals surface area contributed by atoms with E-state index in [4.69, 9.17) is 33.7 Å². The summed E-state index contributed by atoms with van der Waals surface area (Å²) in [6, 6.07) is 5.89. The smallest absolute Gasteiger partial charge is 0.119 e. The number of nitrogens with two attached hydrogens (primary N) is 1. The van der Waals surface area contributed by atoms with Crippen molar-refractivity contribution in [3.8, 4) is 5.75 Å². The van der Waals surface area contributed by atoms with Gasteiger partial charge >= 0.3 is 0 Å². The first-order valence-electron chi connectivity index (χ1n) is 7.94. The number of aromatic nitrogens is 3. The highest BCUT2D eigenvalue weighted by Crippen LogP contribution is 2.30. The van der Waals surface area contributed by atoms with E-state index in [0.717, 1.165) is 46.3 Å². The molecule has 130 valence electrons. The zero-order valence-corrected chi connectivity index (χ0v) is 15.3.